The van der Waals surface area contributed by atoms with E-state index in [-0.39, 0.29) is 5.75 Å². The molecule has 8 heteroatoms. The zero-order valence-corrected chi connectivity index (χ0v) is 13.6. The second kappa shape index (κ2) is 8.26. The van der Waals surface area contributed by atoms with Crippen LogP contribution in [-0.2, 0) is 9.59 Å². The molecule has 0 spiro atoms. The highest BCUT2D eigenvalue weighted by atomic mass is 35.5. The van der Waals surface area contributed by atoms with Gasteiger partial charge in [0.25, 0.3) is 0 Å². The summed E-state index contributed by atoms with van der Waals surface area (Å²) in [5.74, 6) is -1.77. The number of halogens is 2. The highest BCUT2D eigenvalue weighted by Gasteiger charge is 2.21. The first-order valence-electron chi connectivity index (χ1n) is 5.98. The average molecular weight is 349 g/mol. The van der Waals surface area contributed by atoms with E-state index >= 15 is 0 Å². The van der Waals surface area contributed by atoms with Crippen molar-refractivity contribution in [2.45, 2.75) is 6.92 Å². The van der Waals surface area contributed by atoms with Crippen molar-refractivity contribution >= 4 is 53.9 Å². The summed E-state index contributed by atoms with van der Waals surface area (Å²) in [6.07, 6.45) is 1.27. The fraction of sp³-hybridized carbons (Fsp3) is 0.308. The topological polar surface area (TPSA) is 70.0 Å². The van der Waals surface area contributed by atoms with Gasteiger partial charge in [-0.2, -0.15) is 17.7 Å². The summed E-state index contributed by atoms with van der Waals surface area (Å²) in [5, 5.41) is 14.3. The van der Waals surface area contributed by atoms with Crippen LogP contribution in [0.4, 0.5) is 0 Å². The third-order valence-corrected chi connectivity index (χ3v) is 3.77. The van der Waals surface area contributed by atoms with E-state index in [1.165, 1.54) is 6.21 Å². The van der Waals surface area contributed by atoms with Crippen molar-refractivity contribution in [1.29, 1.82) is 0 Å². The van der Waals surface area contributed by atoms with E-state index in [1.54, 1.807) is 25.1 Å². The smallest absolute Gasteiger partial charge is 0.325 e. The van der Waals surface area contributed by atoms with E-state index in [0.717, 1.165) is 5.01 Å². The van der Waals surface area contributed by atoms with Crippen LogP contribution >= 0.6 is 35.8 Å². The fourth-order valence-electron chi connectivity index (χ4n) is 1.40. The average Bonchev–Trinajstić information content (AvgIpc) is 2.43. The van der Waals surface area contributed by atoms with Gasteiger partial charge < -0.3 is 5.11 Å². The van der Waals surface area contributed by atoms with Gasteiger partial charge in [-0.25, -0.2) is 5.01 Å². The third kappa shape index (κ3) is 5.22. The van der Waals surface area contributed by atoms with Crippen LogP contribution < -0.4 is 0 Å². The van der Waals surface area contributed by atoms with Crippen LogP contribution in [0.15, 0.2) is 23.3 Å². The summed E-state index contributed by atoms with van der Waals surface area (Å²) in [7, 11) is 0. The Hall–Kier alpha value is -1.24. The summed E-state index contributed by atoms with van der Waals surface area (Å²) in [5.41, 5.74) is 0.419. The number of hydrogen-bond acceptors (Lipinski definition) is 4. The molecule has 0 aliphatic heterocycles. The van der Waals surface area contributed by atoms with Crippen LogP contribution in [0.25, 0.3) is 0 Å². The van der Waals surface area contributed by atoms with Crippen molar-refractivity contribution in [1.82, 2.24) is 5.01 Å². The first-order chi connectivity index (χ1) is 9.86. The molecule has 0 aromatic heterocycles. The van der Waals surface area contributed by atoms with Crippen molar-refractivity contribution in [3.8, 4) is 0 Å². The molecule has 0 radical (unpaired) electrons. The lowest BCUT2D eigenvalue weighted by atomic mass is 10.2. The second-order valence-corrected chi connectivity index (χ2v) is 5.43. The number of hydrogen-bond donors (Lipinski definition) is 2. The number of rotatable bonds is 6. The minimum Gasteiger partial charge on any atom is -0.480 e. The Morgan fingerprint density at radius 2 is 2.00 bits per heavy atom. The van der Waals surface area contributed by atoms with Crippen LogP contribution in [0.3, 0.4) is 0 Å². The Bertz CT molecular complexity index is 546. The van der Waals surface area contributed by atoms with Gasteiger partial charge in [0.05, 0.1) is 16.3 Å². The molecule has 1 aromatic carbocycles. The summed E-state index contributed by atoms with van der Waals surface area (Å²) in [6.45, 7) is 1.09. The maximum atomic E-state index is 12.0. The Morgan fingerprint density at radius 3 is 2.48 bits per heavy atom. The third-order valence-electron chi connectivity index (χ3n) is 2.56. The predicted molar refractivity (Wildman–Crippen MR) is 86.4 cm³/mol. The molecule has 5 nitrogen and oxygen atoms in total. The van der Waals surface area contributed by atoms with E-state index in [1.807, 2.05) is 0 Å². The molecule has 1 aromatic rings. The minimum absolute atomic E-state index is 0.289. The molecule has 1 N–H and O–H groups in total. The van der Waals surface area contributed by atoms with Gasteiger partial charge in [0.2, 0.25) is 5.91 Å². The molecule has 0 fully saturated rings. The van der Waals surface area contributed by atoms with E-state index in [0.29, 0.717) is 15.6 Å². The number of aliphatic carboxylic acids is 1. The lowest BCUT2D eigenvalue weighted by Crippen LogP contribution is -2.35. The largest absolute Gasteiger partial charge is 0.480 e. The SMILES string of the molecule is CC(CS)C(=O)N(CC(=O)O)N=Cc1c(Cl)cccc1Cl. The number of carbonyl (C=O) groups excluding carboxylic acids is 1. The molecule has 1 rings (SSSR count). The number of hydrazone groups is 1. The fourth-order valence-corrected chi connectivity index (χ4v) is 2.05. The Labute approximate surface area is 137 Å². The molecule has 0 saturated carbocycles. The van der Waals surface area contributed by atoms with E-state index in [9.17, 15) is 9.59 Å². The van der Waals surface area contributed by atoms with Gasteiger partial charge in [-0.1, -0.05) is 36.2 Å². The molecule has 0 bridgehead atoms. The molecule has 0 saturated heterocycles. The Balaban J connectivity index is 3.03. The summed E-state index contributed by atoms with van der Waals surface area (Å²) < 4.78 is 0. The number of carboxylic acids is 1. The zero-order valence-electron chi connectivity index (χ0n) is 11.2. The van der Waals surface area contributed by atoms with Crippen LogP contribution in [0.2, 0.25) is 10.0 Å². The molecule has 21 heavy (non-hydrogen) atoms. The van der Waals surface area contributed by atoms with Crippen molar-refractivity contribution in [3.63, 3.8) is 0 Å². The molecule has 0 aliphatic carbocycles. The van der Waals surface area contributed by atoms with E-state index in [2.05, 4.69) is 17.7 Å². The lowest BCUT2D eigenvalue weighted by molar-refractivity contribution is -0.145. The van der Waals surface area contributed by atoms with Gasteiger partial charge in [0.15, 0.2) is 0 Å². The normalized spacial score (nSPS) is 12.4. The molecule has 1 amide bonds. The standard InChI is InChI=1S/C13H14Cl2N2O3S/c1-8(7-21)13(20)17(6-12(18)19)16-5-9-10(14)3-2-4-11(9)15/h2-5,8,21H,6-7H2,1H3,(H,18,19). The molecular weight excluding hydrogens is 335 g/mol. The highest BCUT2D eigenvalue weighted by molar-refractivity contribution is 7.80. The van der Waals surface area contributed by atoms with Crippen molar-refractivity contribution in [3.05, 3.63) is 33.8 Å². The van der Waals surface area contributed by atoms with Gasteiger partial charge in [-0.15, -0.1) is 0 Å². The zero-order chi connectivity index (χ0) is 16.0. The van der Waals surface area contributed by atoms with Gasteiger partial charge in [-0.3, -0.25) is 9.59 Å². The van der Waals surface area contributed by atoms with Gasteiger partial charge in [-0.05, 0) is 12.1 Å². The van der Waals surface area contributed by atoms with Crippen LogP contribution in [0.5, 0.6) is 0 Å². The second-order valence-electron chi connectivity index (χ2n) is 4.25. The van der Waals surface area contributed by atoms with Gasteiger partial charge in [0.1, 0.15) is 6.54 Å². The van der Waals surface area contributed by atoms with Crippen molar-refractivity contribution in [2.24, 2.45) is 11.0 Å². The first kappa shape index (κ1) is 17.8. The highest BCUT2D eigenvalue weighted by Crippen LogP contribution is 2.22. The van der Waals surface area contributed by atoms with Crippen molar-refractivity contribution < 1.29 is 14.7 Å². The Morgan fingerprint density at radius 1 is 1.43 bits per heavy atom. The molecule has 0 heterocycles. The number of nitrogens with zero attached hydrogens (tertiary/aromatic N) is 2. The first-order valence-corrected chi connectivity index (χ1v) is 7.37. The van der Waals surface area contributed by atoms with Crippen molar-refractivity contribution in [2.75, 3.05) is 12.3 Å². The van der Waals surface area contributed by atoms with Gasteiger partial charge in [0, 0.05) is 17.2 Å². The Kier molecular flexibility index (Phi) is 7.01. The minimum atomic E-state index is -1.17. The van der Waals surface area contributed by atoms with Crippen LogP contribution in [0, 0.1) is 5.92 Å². The van der Waals surface area contributed by atoms with E-state index < -0.39 is 24.3 Å². The summed E-state index contributed by atoms with van der Waals surface area (Å²) >= 11 is 16.0. The number of carboxylic acid groups (broad SMARTS) is 1. The number of thiol groups is 1. The number of amides is 1. The maximum Gasteiger partial charge on any atom is 0.325 e. The molecule has 0 aliphatic rings. The van der Waals surface area contributed by atoms with Crippen LogP contribution in [-0.4, -0.2) is 40.5 Å². The summed E-state index contributed by atoms with van der Waals surface area (Å²) in [4.78, 5) is 22.9. The molecular formula is C13H14Cl2N2O3S. The maximum absolute atomic E-state index is 12.0. The lowest BCUT2D eigenvalue weighted by Gasteiger charge is -2.18. The van der Waals surface area contributed by atoms with Crippen LogP contribution in [0.1, 0.15) is 12.5 Å². The number of carbonyl (C=O) groups is 2. The number of benzene rings is 1. The summed E-state index contributed by atoms with van der Waals surface area (Å²) in [6, 6.07) is 4.91. The van der Waals surface area contributed by atoms with Gasteiger partial charge >= 0.3 is 5.97 Å². The quantitative estimate of drug-likeness (QED) is 0.471. The molecule has 1 atom stereocenters. The molecule has 114 valence electrons. The van der Waals surface area contributed by atoms with E-state index in [4.69, 9.17) is 28.3 Å². The molecule has 1 unspecified atom stereocenters. The predicted octanol–water partition coefficient (Wildman–Crippen LogP) is 2.81. The monoisotopic (exact) mass is 348 g/mol.